The number of hydrogen-bond donors (Lipinski definition) is 2. The average molecular weight is 240 g/mol. The van der Waals surface area contributed by atoms with Crippen molar-refractivity contribution in [3.63, 3.8) is 0 Å². The molecule has 5 heteroatoms. The van der Waals surface area contributed by atoms with Crippen LogP contribution in [-0.2, 0) is 16.4 Å². The minimum atomic E-state index is -3.32. The summed E-state index contributed by atoms with van der Waals surface area (Å²) >= 11 is 0. The third kappa shape index (κ3) is 2.20. The highest BCUT2D eigenvalue weighted by atomic mass is 32.2. The van der Waals surface area contributed by atoms with Crippen LogP contribution in [-0.4, -0.2) is 21.5 Å². The standard InChI is InChI=1S/C11H16N2O2S/c1-2-6-13-16(14,15)10-3-4-11-9(8-10)5-7-12-11/h3-4,8,12-13H,2,5-7H2,1H3. The van der Waals surface area contributed by atoms with E-state index in [2.05, 4.69) is 10.0 Å². The third-order valence-electron chi connectivity index (χ3n) is 2.64. The SMILES string of the molecule is CCCNS(=O)(=O)c1ccc2c(c1)CCN2. The molecule has 0 saturated carbocycles. The summed E-state index contributed by atoms with van der Waals surface area (Å²) in [6, 6.07) is 5.24. The first kappa shape index (κ1) is 11.4. The second kappa shape index (κ2) is 4.43. The summed E-state index contributed by atoms with van der Waals surface area (Å²) in [4.78, 5) is 0.364. The van der Waals surface area contributed by atoms with Gasteiger partial charge >= 0.3 is 0 Å². The Bertz CT molecular complexity index is 483. The van der Waals surface area contributed by atoms with Crippen molar-refractivity contribution in [1.82, 2.24) is 4.72 Å². The Morgan fingerprint density at radius 3 is 3.00 bits per heavy atom. The van der Waals surface area contributed by atoms with Gasteiger partial charge in [0.2, 0.25) is 10.0 Å². The Kier molecular flexibility index (Phi) is 3.16. The smallest absolute Gasteiger partial charge is 0.240 e. The first-order chi connectivity index (χ1) is 7.63. The summed E-state index contributed by atoms with van der Waals surface area (Å²) in [5, 5.41) is 3.21. The van der Waals surface area contributed by atoms with Crippen molar-refractivity contribution in [3.05, 3.63) is 23.8 Å². The largest absolute Gasteiger partial charge is 0.384 e. The minimum Gasteiger partial charge on any atom is -0.384 e. The van der Waals surface area contributed by atoms with Crippen LogP contribution < -0.4 is 10.0 Å². The molecule has 0 amide bonds. The second-order valence-electron chi connectivity index (χ2n) is 3.89. The highest BCUT2D eigenvalue weighted by Gasteiger charge is 2.17. The fourth-order valence-electron chi connectivity index (χ4n) is 1.77. The highest BCUT2D eigenvalue weighted by Crippen LogP contribution is 2.24. The summed E-state index contributed by atoms with van der Waals surface area (Å²) < 4.78 is 26.3. The van der Waals surface area contributed by atoms with Crippen LogP contribution in [0.5, 0.6) is 0 Å². The van der Waals surface area contributed by atoms with E-state index >= 15 is 0 Å². The van der Waals surface area contributed by atoms with Gasteiger partial charge < -0.3 is 5.32 Å². The zero-order valence-corrected chi connectivity index (χ0v) is 10.1. The number of nitrogens with one attached hydrogen (secondary N) is 2. The molecule has 0 atom stereocenters. The molecule has 0 aliphatic carbocycles. The quantitative estimate of drug-likeness (QED) is 0.835. The van der Waals surface area contributed by atoms with Crippen LogP contribution in [0.3, 0.4) is 0 Å². The molecule has 1 aliphatic heterocycles. The van der Waals surface area contributed by atoms with E-state index in [9.17, 15) is 8.42 Å². The van der Waals surface area contributed by atoms with E-state index in [-0.39, 0.29) is 0 Å². The molecule has 0 radical (unpaired) electrons. The number of fused-ring (bicyclic) bond motifs is 1. The van der Waals surface area contributed by atoms with Gasteiger partial charge in [-0.2, -0.15) is 0 Å². The molecule has 88 valence electrons. The van der Waals surface area contributed by atoms with Crippen molar-refractivity contribution in [2.45, 2.75) is 24.7 Å². The maximum absolute atomic E-state index is 11.9. The van der Waals surface area contributed by atoms with Gasteiger partial charge in [-0.05, 0) is 36.6 Å². The van der Waals surface area contributed by atoms with Crippen molar-refractivity contribution in [2.24, 2.45) is 0 Å². The average Bonchev–Trinajstić information content (AvgIpc) is 2.73. The van der Waals surface area contributed by atoms with Crippen LogP contribution in [0.1, 0.15) is 18.9 Å². The summed E-state index contributed by atoms with van der Waals surface area (Å²) in [6.07, 6.45) is 1.69. The zero-order valence-electron chi connectivity index (χ0n) is 9.29. The highest BCUT2D eigenvalue weighted by molar-refractivity contribution is 7.89. The van der Waals surface area contributed by atoms with Gasteiger partial charge in [-0.25, -0.2) is 13.1 Å². The molecule has 0 spiro atoms. The normalized spacial score (nSPS) is 14.6. The van der Waals surface area contributed by atoms with Crippen molar-refractivity contribution in [3.8, 4) is 0 Å². The Morgan fingerprint density at radius 1 is 1.44 bits per heavy atom. The van der Waals surface area contributed by atoms with Gasteiger partial charge in [0.1, 0.15) is 0 Å². The van der Waals surface area contributed by atoms with Crippen LogP contribution in [0, 0.1) is 0 Å². The summed E-state index contributed by atoms with van der Waals surface area (Å²) in [5.41, 5.74) is 2.13. The summed E-state index contributed by atoms with van der Waals surface area (Å²) in [6.45, 7) is 3.31. The molecule has 0 aromatic heterocycles. The van der Waals surface area contributed by atoms with Crippen LogP contribution in [0.15, 0.2) is 23.1 Å². The fourth-order valence-corrected chi connectivity index (χ4v) is 2.95. The zero-order chi connectivity index (χ0) is 11.6. The van der Waals surface area contributed by atoms with E-state index in [1.807, 2.05) is 13.0 Å². The lowest BCUT2D eigenvalue weighted by Gasteiger charge is -2.07. The first-order valence-electron chi connectivity index (χ1n) is 5.50. The van der Waals surface area contributed by atoms with E-state index in [1.54, 1.807) is 12.1 Å². The molecule has 1 aromatic rings. The molecule has 4 nitrogen and oxygen atoms in total. The van der Waals surface area contributed by atoms with Crippen LogP contribution in [0.25, 0.3) is 0 Å². The van der Waals surface area contributed by atoms with Crippen LogP contribution in [0.4, 0.5) is 5.69 Å². The topological polar surface area (TPSA) is 58.2 Å². The van der Waals surface area contributed by atoms with Crippen molar-refractivity contribution < 1.29 is 8.42 Å². The lowest BCUT2D eigenvalue weighted by atomic mass is 10.2. The van der Waals surface area contributed by atoms with Crippen LogP contribution in [0.2, 0.25) is 0 Å². The van der Waals surface area contributed by atoms with Gasteiger partial charge in [-0.3, -0.25) is 0 Å². The first-order valence-corrected chi connectivity index (χ1v) is 6.98. The molecule has 0 fully saturated rings. The Balaban J connectivity index is 2.27. The fraction of sp³-hybridized carbons (Fsp3) is 0.455. The van der Waals surface area contributed by atoms with Crippen molar-refractivity contribution in [2.75, 3.05) is 18.4 Å². The number of benzene rings is 1. The van der Waals surface area contributed by atoms with E-state index in [0.29, 0.717) is 11.4 Å². The Morgan fingerprint density at radius 2 is 2.25 bits per heavy atom. The molecule has 16 heavy (non-hydrogen) atoms. The van der Waals surface area contributed by atoms with E-state index in [1.165, 1.54) is 0 Å². The molecular weight excluding hydrogens is 224 g/mol. The predicted octanol–water partition coefficient (Wildman–Crippen LogP) is 1.34. The molecule has 0 unspecified atom stereocenters. The van der Waals surface area contributed by atoms with Gasteiger partial charge in [0, 0.05) is 18.8 Å². The number of hydrogen-bond acceptors (Lipinski definition) is 3. The monoisotopic (exact) mass is 240 g/mol. The summed E-state index contributed by atoms with van der Waals surface area (Å²) in [5.74, 6) is 0. The molecule has 2 N–H and O–H groups in total. The lowest BCUT2D eigenvalue weighted by molar-refractivity contribution is 0.580. The molecule has 1 heterocycles. The number of anilines is 1. The van der Waals surface area contributed by atoms with E-state index in [4.69, 9.17) is 0 Å². The van der Waals surface area contributed by atoms with Gasteiger partial charge in [0.05, 0.1) is 4.90 Å². The minimum absolute atomic E-state index is 0.364. The molecule has 0 saturated heterocycles. The Labute approximate surface area is 96.1 Å². The van der Waals surface area contributed by atoms with Gasteiger partial charge in [-0.1, -0.05) is 6.92 Å². The lowest BCUT2D eigenvalue weighted by Crippen LogP contribution is -2.24. The maximum atomic E-state index is 11.9. The number of rotatable bonds is 4. The molecule has 0 bridgehead atoms. The molecular formula is C11H16N2O2S. The second-order valence-corrected chi connectivity index (χ2v) is 5.66. The van der Waals surface area contributed by atoms with Gasteiger partial charge in [0.25, 0.3) is 0 Å². The van der Waals surface area contributed by atoms with E-state index < -0.39 is 10.0 Å². The maximum Gasteiger partial charge on any atom is 0.240 e. The van der Waals surface area contributed by atoms with Gasteiger partial charge in [0.15, 0.2) is 0 Å². The Hall–Kier alpha value is -1.07. The predicted molar refractivity (Wildman–Crippen MR) is 64.1 cm³/mol. The molecule has 1 aliphatic rings. The summed E-state index contributed by atoms with van der Waals surface area (Å²) in [7, 11) is -3.32. The van der Waals surface area contributed by atoms with Crippen molar-refractivity contribution >= 4 is 15.7 Å². The number of sulfonamides is 1. The van der Waals surface area contributed by atoms with Crippen LogP contribution >= 0.6 is 0 Å². The van der Waals surface area contributed by atoms with Gasteiger partial charge in [-0.15, -0.1) is 0 Å². The third-order valence-corrected chi connectivity index (χ3v) is 4.10. The molecule has 2 rings (SSSR count). The van der Waals surface area contributed by atoms with Crippen molar-refractivity contribution in [1.29, 1.82) is 0 Å². The molecule has 1 aromatic carbocycles. The van der Waals surface area contributed by atoms with E-state index in [0.717, 1.165) is 30.6 Å².